The van der Waals surface area contributed by atoms with Crippen LogP contribution in [0.3, 0.4) is 0 Å². The number of anilines is 1. The Bertz CT molecular complexity index is 1130. The van der Waals surface area contributed by atoms with Gasteiger partial charge >= 0.3 is 0 Å². The van der Waals surface area contributed by atoms with Gasteiger partial charge in [-0.1, -0.05) is 60.7 Å². The third-order valence-electron chi connectivity index (χ3n) is 5.42. The quantitative estimate of drug-likeness (QED) is 0.452. The van der Waals surface area contributed by atoms with Gasteiger partial charge in [0.1, 0.15) is 18.1 Å². The van der Waals surface area contributed by atoms with Gasteiger partial charge in [-0.05, 0) is 47.5 Å². The Morgan fingerprint density at radius 2 is 1.58 bits per heavy atom. The second-order valence-electron chi connectivity index (χ2n) is 7.53. The Balaban J connectivity index is 1.95. The summed E-state index contributed by atoms with van der Waals surface area (Å²) in [7, 11) is 5.82. The van der Waals surface area contributed by atoms with Gasteiger partial charge < -0.3 is 10.1 Å². The molecule has 0 saturated carbocycles. The summed E-state index contributed by atoms with van der Waals surface area (Å²) in [6, 6.07) is 28.6. The fraction of sp³-hybridized carbons (Fsp3) is 0.148. The smallest absolute Gasteiger partial charge is 0.291 e. The van der Waals surface area contributed by atoms with Crippen molar-refractivity contribution in [3.63, 3.8) is 0 Å². The highest BCUT2D eigenvalue weighted by Gasteiger charge is 2.42. The lowest BCUT2D eigenvalue weighted by molar-refractivity contribution is -0.681. The molecule has 0 aliphatic carbocycles. The van der Waals surface area contributed by atoms with Crippen molar-refractivity contribution in [2.45, 2.75) is 5.54 Å². The first kappa shape index (κ1) is 20.5. The second kappa shape index (κ2) is 8.92. The van der Waals surface area contributed by atoms with Crippen LogP contribution < -0.4 is 14.6 Å². The van der Waals surface area contributed by atoms with Gasteiger partial charge in [0.2, 0.25) is 0 Å². The molecule has 0 aliphatic heterocycles. The van der Waals surface area contributed by atoms with Gasteiger partial charge in [0.15, 0.2) is 5.54 Å². The van der Waals surface area contributed by atoms with Crippen LogP contribution in [0, 0.1) is 6.08 Å². The van der Waals surface area contributed by atoms with E-state index in [1.807, 2.05) is 48.5 Å². The van der Waals surface area contributed by atoms with Gasteiger partial charge in [-0.25, -0.2) is 9.13 Å². The van der Waals surface area contributed by atoms with Crippen molar-refractivity contribution in [2.75, 3.05) is 12.4 Å². The number of nitrogens with one attached hydrogen (secondary N) is 1. The number of aryl methyl sites for hydroxylation is 2. The minimum Gasteiger partial charge on any atom is -0.497 e. The molecule has 3 aromatic carbocycles. The maximum atomic E-state index is 5.41. The van der Waals surface area contributed by atoms with E-state index in [1.54, 1.807) is 7.11 Å². The summed E-state index contributed by atoms with van der Waals surface area (Å²) in [6.45, 7) is 0. The van der Waals surface area contributed by atoms with E-state index in [0.717, 1.165) is 28.4 Å². The predicted molar refractivity (Wildman–Crippen MR) is 124 cm³/mol. The Labute approximate surface area is 184 Å². The van der Waals surface area contributed by atoms with E-state index >= 15 is 0 Å². The maximum Gasteiger partial charge on any atom is 0.291 e. The van der Waals surface area contributed by atoms with Crippen LogP contribution in [0.4, 0.5) is 5.69 Å². The lowest BCUT2D eigenvalue weighted by Gasteiger charge is -2.31. The molecule has 4 nitrogen and oxygen atoms in total. The molecule has 31 heavy (non-hydrogen) atoms. The summed E-state index contributed by atoms with van der Waals surface area (Å²) >= 11 is 0. The number of methoxy groups -OCH3 is 1. The molecule has 0 saturated heterocycles. The molecule has 4 aromatic rings. The van der Waals surface area contributed by atoms with Gasteiger partial charge in [0.05, 0.1) is 21.2 Å². The van der Waals surface area contributed by atoms with Gasteiger partial charge in [-0.2, -0.15) is 0 Å². The minimum atomic E-state index is -0.670. The highest BCUT2D eigenvalue weighted by molar-refractivity contribution is 5.54. The largest absolute Gasteiger partial charge is 0.497 e. The summed E-state index contributed by atoms with van der Waals surface area (Å²) in [6.07, 6.45) is 9.78. The molecule has 155 valence electrons. The van der Waals surface area contributed by atoms with Crippen molar-refractivity contribution in [1.29, 1.82) is 0 Å². The van der Waals surface area contributed by atoms with Gasteiger partial charge in [0, 0.05) is 5.69 Å². The van der Waals surface area contributed by atoms with Crippen LogP contribution in [0.5, 0.6) is 5.75 Å². The number of imidazole rings is 1. The molecule has 1 unspecified atom stereocenters. The summed E-state index contributed by atoms with van der Waals surface area (Å²) < 4.78 is 9.70. The molecule has 4 rings (SSSR count). The molecule has 0 fully saturated rings. The van der Waals surface area contributed by atoms with E-state index < -0.39 is 5.54 Å². The Kier molecular flexibility index (Phi) is 5.89. The van der Waals surface area contributed by atoms with Crippen LogP contribution in [0.2, 0.25) is 0 Å². The molecule has 1 N–H and O–H groups in total. The highest BCUT2D eigenvalue weighted by Crippen LogP contribution is 2.35. The average Bonchev–Trinajstić information content (AvgIpc) is 3.16. The number of nitrogens with zero attached hydrogens (tertiary/aromatic N) is 2. The molecule has 1 heterocycles. The molecule has 0 spiro atoms. The molecule has 1 aromatic heterocycles. The van der Waals surface area contributed by atoms with Crippen LogP contribution in [0.25, 0.3) is 0 Å². The van der Waals surface area contributed by atoms with E-state index in [9.17, 15) is 0 Å². The van der Waals surface area contributed by atoms with Crippen molar-refractivity contribution < 1.29 is 9.30 Å². The van der Waals surface area contributed by atoms with Crippen LogP contribution >= 0.6 is 0 Å². The standard InChI is InChI=1S/C27H27N3O/c1-29-20-21-30(2)26(29)27(28-24-12-8-5-9-13-24,19-18-22-10-6-4-7-11-22)23-14-16-25(31-3)17-15-23/h4-17,19-21,28H,1-3H3/q+1. The second-order valence-corrected chi connectivity index (χ2v) is 7.53. The zero-order chi connectivity index (χ0) is 21.7. The number of ether oxygens (including phenoxy) is 1. The van der Waals surface area contributed by atoms with Gasteiger partial charge in [-0.3, -0.25) is 0 Å². The van der Waals surface area contributed by atoms with Crippen LogP contribution in [-0.2, 0) is 19.6 Å². The number of hydrogen-bond acceptors (Lipinski definition) is 2. The fourth-order valence-electron chi connectivity index (χ4n) is 3.92. The summed E-state index contributed by atoms with van der Waals surface area (Å²) in [5.41, 5.74) is 2.45. The molecule has 0 amide bonds. The van der Waals surface area contributed by atoms with Crippen LogP contribution in [0.1, 0.15) is 17.0 Å². The number of benzene rings is 3. The lowest BCUT2D eigenvalue weighted by Crippen LogP contribution is -2.47. The van der Waals surface area contributed by atoms with Crippen molar-refractivity contribution in [1.82, 2.24) is 4.57 Å². The molecular weight excluding hydrogens is 382 g/mol. The first-order valence-corrected chi connectivity index (χ1v) is 10.3. The third kappa shape index (κ3) is 4.24. The Hall–Kier alpha value is -3.79. The van der Waals surface area contributed by atoms with E-state index in [4.69, 9.17) is 4.74 Å². The average molecular weight is 410 g/mol. The van der Waals surface area contributed by atoms with Crippen LogP contribution in [0.15, 0.2) is 103 Å². The molecule has 1 atom stereocenters. The monoisotopic (exact) mass is 409 g/mol. The third-order valence-corrected chi connectivity index (χ3v) is 5.42. The Morgan fingerprint density at radius 1 is 0.935 bits per heavy atom. The molecular formula is C27H27N3O+. The summed E-state index contributed by atoms with van der Waals surface area (Å²) in [5, 5.41) is 3.80. The molecule has 0 aliphatic rings. The fourth-order valence-corrected chi connectivity index (χ4v) is 3.92. The van der Waals surface area contributed by atoms with E-state index in [1.165, 1.54) is 0 Å². The van der Waals surface area contributed by atoms with Gasteiger partial charge in [-0.15, -0.1) is 0 Å². The van der Waals surface area contributed by atoms with Crippen molar-refractivity contribution >= 4 is 5.69 Å². The van der Waals surface area contributed by atoms with Gasteiger partial charge in [0.25, 0.3) is 5.82 Å². The zero-order valence-electron chi connectivity index (χ0n) is 18.1. The highest BCUT2D eigenvalue weighted by atomic mass is 16.5. The van der Waals surface area contributed by atoms with Crippen molar-refractivity contribution in [2.24, 2.45) is 14.1 Å². The number of aromatic nitrogens is 2. The first-order chi connectivity index (χ1) is 15.1. The number of rotatable bonds is 7. The SMILES string of the molecule is COc1ccc(C(/C=[C]\c2ccccc2)(Nc2ccccc2)c2n(C)cc[n+]2C)cc1. The van der Waals surface area contributed by atoms with Crippen molar-refractivity contribution in [3.05, 3.63) is 126 Å². The lowest BCUT2D eigenvalue weighted by atomic mass is 9.86. The maximum absolute atomic E-state index is 5.41. The van der Waals surface area contributed by atoms with Crippen molar-refractivity contribution in [3.8, 4) is 5.75 Å². The first-order valence-electron chi connectivity index (χ1n) is 10.3. The molecule has 4 heteroatoms. The van der Waals surface area contributed by atoms with E-state index in [0.29, 0.717) is 0 Å². The zero-order valence-corrected chi connectivity index (χ0v) is 18.1. The number of para-hydroxylation sites is 1. The summed E-state index contributed by atoms with van der Waals surface area (Å²) in [5.74, 6) is 1.90. The van der Waals surface area contributed by atoms with E-state index in [-0.39, 0.29) is 0 Å². The van der Waals surface area contributed by atoms with Crippen LogP contribution in [-0.4, -0.2) is 11.7 Å². The predicted octanol–water partition coefficient (Wildman–Crippen LogP) is 4.62. The summed E-state index contributed by atoms with van der Waals surface area (Å²) in [4.78, 5) is 0. The number of hydrogen-bond donors (Lipinski definition) is 1. The molecule has 0 bridgehead atoms. The molecule has 1 radical (unpaired) electrons. The Morgan fingerprint density at radius 3 is 2.16 bits per heavy atom. The minimum absolute atomic E-state index is 0.670. The van der Waals surface area contributed by atoms with E-state index in [2.05, 4.69) is 89.5 Å². The normalized spacial score (nSPS) is 13.1. The topological polar surface area (TPSA) is 30.1 Å².